The van der Waals surface area contributed by atoms with Gasteiger partial charge in [0.2, 0.25) is 5.91 Å². The van der Waals surface area contributed by atoms with Crippen LogP contribution in [-0.4, -0.2) is 29.0 Å². The number of carbonyl (C=O) groups is 2. The van der Waals surface area contributed by atoms with Crippen LogP contribution in [0.5, 0.6) is 0 Å². The van der Waals surface area contributed by atoms with E-state index in [0.717, 1.165) is 0 Å². The molecule has 0 aliphatic rings. The molecule has 3 rings (SSSR count). The predicted octanol–water partition coefficient (Wildman–Crippen LogP) is 3.48. The van der Waals surface area contributed by atoms with Crippen molar-refractivity contribution < 1.29 is 18.7 Å². The number of amides is 1. The molecule has 0 atom stereocenters. The fourth-order valence-electron chi connectivity index (χ4n) is 2.80. The number of esters is 1. The van der Waals surface area contributed by atoms with Crippen LogP contribution in [0.1, 0.15) is 27.2 Å². The maximum absolute atomic E-state index is 13.7. The Kier molecular flexibility index (Phi) is 7.19. The highest BCUT2D eigenvalue weighted by Gasteiger charge is 2.14. The number of aromatic nitrogens is 2. The van der Waals surface area contributed by atoms with Crippen LogP contribution in [0.25, 0.3) is 0 Å². The number of hydrogen-bond donors (Lipinski definition) is 2. The molecule has 0 radical (unpaired) electrons. The van der Waals surface area contributed by atoms with Gasteiger partial charge in [-0.3, -0.25) is 9.59 Å². The molecule has 0 fully saturated rings. The van der Waals surface area contributed by atoms with Crippen molar-refractivity contribution in [3.63, 3.8) is 0 Å². The quantitative estimate of drug-likeness (QED) is 0.331. The minimum atomic E-state index is -0.473. The van der Waals surface area contributed by atoms with Crippen LogP contribution >= 0.6 is 11.8 Å². The molecule has 160 valence electrons. The summed E-state index contributed by atoms with van der Waals surface area (Å²) in [6, 6.07) is 12.6. The lowest BCUT2D eigenvalue weighted by atomic mass is 10.1. The van der Waals surface area contributed by atoms with Gasteiger partial charge in [0.25, 0.3) is 5.56 Å². The van der Waals surface area contributed by atoms with E-state index in [1.807, 2.05) is 0 Å². The van der Waals surface area contributed by atoms with Crippen LogP contribution in [0, 0.1) is 12.7 Å². The Morgan fingerprint density at radius 3 is 2.52 bits per heavy atom. The molecule has 1 heterocycles. The van der Waals surface area contributed by atoms with Gasteiger partial charge in [-0.2, -0.15) is 0 Å². The lowest BCUT2D eigenvalue weighted by molar-refractivity contribution is -0.115. The first kappa shape index (κ1) is 22.2. The smallest absolute Gasteiger partial charge is 0.337 e. The molecule has 0 spiro atoms. The fourth-order valence-corrected chi connectivity index (χ4v) is 3.69. The van der Waals surface area contributed by atoms with Crippen molar-refractivity contribution in [3.05, 3.63) is 87.1 Å². The van der Waals surface area contributed by atoms with Crippen LogP contribution in [-0.2, 0) is 21.7 Å². The number of H-pyrrole nitrogens is 1. The molecule has 2 N–H and O–H groups in total. The number of aryl methyl sites for hydroxylation is 1. The Morgan fingerprint density at radius 1 is 1.16 bits per heavy atom. The third-order valence-corrected chi connectivity index (χ3v) is 5.37. The number of methoxy groups -OCH3 is 1. The molecule has 3 aromatic rings. The number of aromatic amines is 1. The van der Waals surface area contributed by atoms with Gasteiger partial charge in [-0.15, -0.1) is 0 Å². The summed E-state index contributed by atoms with van der Waals surface area (Å²) in [5.41, 5.74) is 1.61. The normalized spacial score (nSPS) is 10.5. The van der Waals surface area contributed by atoms with Crippen LogP contribution in [0.4, 0.5) is 10.1 Å². The first-order valence-corrected chi connectivity index (χ1v) is 10.3. The van der Waals surface area contributed by atoms with E-state index >= 15 is 0 Å². The molecule has 0 aliphatic heterocycles. The average molecular weight is 441 g/mol. The summed E-state index contributed by atoms with van der Waals surface area (Å²) >= 11 is 1.21. The SMILES string of the molecule is COC(=O)c1ccc(NC(=O)Cc2c(C)nc(SCc3ccccc3F)[nH]c2=O)cc1. The molecular formula is C22H20FN3O4S. The molecule has 31 heavy (non-hydrogen) atoms. The Hall–Kier alpha value is -3.46. The Morgan fingerprint density at radius 2 is 1.87 bits per heavy atom. The zero-order chi connectivity index (χ0) is 22.4. The number of halogens is 1. The summed E-state index contributed by atoms with van der Waals surface area (Å²) in [4.78, 5) is 43.3. The number of benzene rings is 2. The van der Waals surface area contributed by atoms with Gasteiger partial charge in [0, 0.05) is 22.7 Å². The third kappa shape index (κ3) is 5.79. The molecule has 2 aromatic carbocycles. The molecule has 1 amide bonds. The number of nitrogens with one attached hydrogen (secondary N) is 2. The molecule has 0 saturated heterocycles. The summed E-state index contributed by atoms with van der Waals surface area (Å²) < 4.78 is 18.4. The molecule has 1 aromatic heterocycles. The van der Waals surface area contributed by atoms with E-state index in [4.69, 9.17) is 0 Å². The Balaban J connectivity index is 1.65. The number of nitrogens with zero attached hydrogens (tertiary/aromatic N) is 1. The van der Waals surface area contributed by atoms with E-state index in [0.29, 0.717) is 33.4 Å². The summed E-state index contributed by atoms with van der Waals surface area (Å²) in [6.07, 6.45) is -0.162. The van der Waals surface area contributed by atoms with Crippen LogP contribution < -0.4 is 10.9 Å². The number of thioether (sulfide) groups is 1. The van der Waals surface area contributed by atoms with Gasteiger partial charge in [0.1, 0.15) is 5.82 Å². The molecule has 0 aliphatic carbocycles. The van der Waals surface area contributed by atoms with Crippen molar-refractivity contribution in [2.45, 2.75) is 24.3 Å². The highest BCUT2D eigenvalue weighted by atomic mass is 32.2. The van der Waals surface area contributed by atoms with Crippen LogP contribution in [0.15, 0.2) is 58.5 Å². The Bertz CT molecular complexity index is 1160. The van der Waals surface area contributed by atoms with E-state index < -0.39 is 17.4 Å². The highest BCUT2D eigenvalue weighted by molar-refractivity contribution is 7.98. The lowest BCUT2D eigenvalue weighted by Crippen LogP contribution is -2.23. The predicted molar refractivity (Wildman–Crippen MR) is 116 cm³/mol. The molecular weight excluding hydrogens is 421 g/mol. The summed E-state index contributed by atoms with van der Waals surface area (Å²) in [7, 11) is 1.29. The Labute approximate surface area is 182 Å². The van der Waals surface area contributed by atoms with E-state index in [9.17, 15) is 18.8 Å². The summed E-state index contributed by atoms with van der Waals surface area (Å²) in [6.45, 7) is 1.65. The van der Waals surface area contributed by atoms with Crippen molar-refractivity contribution in [3.8, 4) is 0 Å². The number of carbonyl (C=O) groups excluding carboxylic acids is 2. The summed E-state index contributed by atoms with van der Waals surface area (Å²) in [5, 5.41) is 3.03. The van der Waals surface area contributed by atoms with Gasteiger partial charge in [0.15, 0.2) is 5.16 Å². The van der Waals surface area contributed by atoms with Crippen LogP contribution in [0.3, 0.4) is 0 Å². The number of ether oxygens (including phenoxy) is 1. The second-order valence-corrected chi connectivity index (χ2v) is 7.57. The van der Waals surface area contributed by atoms with Gasteiger partial charge in [-0.1, -0.05) is 30.0 Å². The fraction of sp³-hybridized carbons (Fsp3) is 0.182. The van der Waals surface area contributed by atoms with E-state index in [2.05, 4.69) is 20.0 Å². The summed E-state index contributed by atoms with van der Waals surface area (Å²) in [5.74, 6) is -0.870. The highest BCUT2D eigenvalue weighted by Crippen LogP contribution is 2.21. The van der Waals surface area contributed by atoms with Crippen LogP contribution in [0.2, 0.25) is 0 Å². The minimum absolute atomic E-state index is 0.162. The number of anilines is 1. The molecule has 7 nitrogen and oxygen atoms in total. The second kappa shape index (κ2) is 10.0. The van der Waals surface area contributed by atoms with Gasteiger partial charge in [-0.25, -0.2) is 14.2 Å². The zero-order valence-electron chi connectivity index (χ0n) is 16.9. The number of hydrogen-bond acceptors (Lipinski definition) is 6. The molecule has 0 saturated carbocycles. The third-order valence-electron chi connectivity index (χ3n) is 4.45. The lowest BCUT2D eigenvalue weighted by Gasteiger charge is -2.09. The van der Waals surface area contributed by atoms with Crippen molar-refractivity contribution in [2.24, 2.45) is 0 Å². The molecule has 9 heteroatoms. The maximum atomic E-state index is 13.7. The van der Waals surface area contributed by atoms with Crippen molar-refractivity contribution in [2.75, 3.05) is 12.4 Å². The van der Waals surface area contributed by atoms with Gasteiger partial charge < -0.3 is 15.0 Å². The minimum Gasteiger partial charge on any atom is -0.465 e. The van der Waals surface area contributed by atoms with Gasteiger partial charge >= 0.3 is 5.97 Å². The average Bonchev–Trinajstić information content (AvgIpc) is 2.75. The first-order valence-electron chi connectivity index (χ1n) is 9.31. The van der Waals surface area contributed by atoms with Gasteiger partial charge in [0.05, 0.1) is 19.1 Å². The molecule has 0 unspecified atom stereocenters. The van der Waals surface area contributed by atoms with Crippen molar-refractivity contribution in [1.29, 1.82) is 0 Å². The van der Waals surface area contributed by atoms with Crippen molar-refractivity contribution >= 4 is 29.3 Å². The first-order chi connectivity index (χ1) is 14.9. The standard InChI is InChI=1S/C22H20FN3O4S/c1-13-17(11-19(27)25-16-9-7-14(8-10-16)21(29)30-2)20(28)26-22(24-13)31-12-15-5-3-4-6-18(15)23/h3-10H,11-12H2,1-2H3,(H,25,27)(H,24,26,28). The van der Waals surface area contributed by atoms with E-state index in [1.165, 1.54) is 37.1 Å². The monoisotopic (exact) mass is 441 g/mol. The van der Waals surface area contributed by atoms with E-state index in [1.54, 1.807) is 37.3 Å². The second-order valence-electron chi connectivity index (χ2n) is 6.61. The van der Waals surface area contributed by atoms with E-state index in [-0.39, 0.29) is 17.8 Å². The topological polar surface area (TPSA) is 101 Å². The molecule has 0 bridgehead atoms. The number of rotatable bonds is 7. The van der Waals surface area contributed by atoms with Gasteiger partial charge in [-0.05, 0) is 42.8 Å². The zero-order valence-corrected chi connectivity index (χ0v) is 17.7. The maximum Gasteiger partial charge on any atom is 0.337 e. The largest absolute Gasteiger partial charge is 0.465 e. The van der Waals surface area contributed by atoms with Crippen molar-refractivity contribution in [1.82, 2.24) is 9.97 Å².